The monoisotopic (exact) mass is 640 g/mol. The third-order valence-corrected chi connectivity index (χ3v) is 9.19. The maximum Gasteiger partial charge on any atom is 0.324 e. The van der Waals surface area contributed by atoms with Crippen LogP contribution in [0.1, 0.15) is 45.4 Å². The Hall–Kier alpha value is -5.30. The van der Waals surface area contributed by atoms with Gasteiger partial charge in [-0.25, -0.2) is 9.78 Å². The van der Waals surface area contributed by atoms with Crippen LogP contribution in [0.15, 0.2) is 97.7 Å². The van der Waals surface area contributed by atoms with Crippen LogP contribution in [-0.2, 0) is 13.1 Å². The number of amides is 2. The van der Waals surface area contributed by atoms with Gasteiger partial charge in [0.2, 0.25) is 0 Å². The van der Waals surface area contributed by atoms with Crippen LogP contribution in [0.25, 0.3) is 11.6 Å². The lowest BCUT2D eigenvalue weighted by Crippen LogP contribution is -2.53. The molecule has 1 aliphatic heterocycles. The number of hydrogen-bond donors (Lipinski definition) is 0. The van der Waals surface area contributed by atoms with Gasteiger partial charge in [-0.05, 0) is 95.4 Å². The largest absolute Gasteiger partial charge is 0.331 e. The van der Waals surface area contributed by atoms with E-state index in [0.29, 0.717) is 49.9 Å². The number of nitrogens with zero attached hydrogens (tertiary/aromatic N) is 8. The van der Waals surface area contributed by atoms with Gasteiger partial charge >= 0.3 is 6.03 Å². The van der Waals surface area contributed by atoms with E-state index < -0.39 is 0 Å². The Balaban J connectivity index is 1.17. The van der Waals surface area contributed by atoms with E-state index in [4.69, 9.17) is 16.6 Å². The zero-order valence-electron chi connectivity index (χ0n) is 26.0. The van der Waals surface area contributed by atoms with Crippen LogP contribution < -0.4 is 4.90 Å². The van der Waals surface area contributed by atoms with Crippen molar-refractivity contribution in [3.05, 3.63) is 142 Å². The van der Waals surface area contributed by atoms with Crippen molar-refractivity contribution >= 4 is 35.0 Å². The SMILES string of the molecule is Cc1nccn1CC1=Cc2cccnc2C(N2CCN(C(=O)N(Cc3ccncc3)c3ccc(C#N)cc3)CC2)c2ccc(Cl)cc21. The number of benzene rings is 2. The number of aryl methyl sites for hydroxylation is 1. The molecule has 5 aromatic rings. The molecule has 0 radical (unpaired) electrons. The summed E-state index contributed by atoms with van der Waals surface area (Å²) in [5.74, 6) is 0.946. The summed E-state index contributed by atoms with van der Waals surface area (Å²) < 4.78 is 2.14. The molecular weight excluding hydrogens is 608 g/mol. The lowest BCUT2D eigenvalue weighted by Gasteiger charge is -2.41. The number of allylic oxidation sites excluding steroid dienone is 1. The number of piperazine rings is 1. The van der Waals surface area contributed by atoms with Crippen molar-refractivity contribution in [2.45, 2.75) is 26.1 Å². The molecular formula is C37H33ClN8O. The van der Waals surface area contributed by atoms with Crippen LogP contribution in [0.3, 0.4) is 0 Å². The van der Waals surface area contributed by atoms with E-state index in [9.17, 15) is 10.1 Å². The molecule has 3 aromatic heterocycles. The zero-order chi connectivity index (χ0) is 32.3. The standard InChI is InChI=1S/C37H33ClN8O/c1-26-41-15-16-45(26)25-30-21-29-3-2-12-42-35(29)36(33-9-6-31(38)22-34(30)33)43-17-19-44(20-18-43)37(47)46(24-28-10-13-40-14-11-28)32-7-4-27(23-39)5-8-32/h2-16,21-22,36H,17-20,24-25H2,1H3. The average molecular weight is 641 g/mol. The first-order chi connectivity index (χ1) is 23.0. The van der Waals surface area contributed by atoms with E-state index in [1.54, 1.807) is 29.4 Å². The number of rotatable bonds is 6. The van der Waals surface area contributed by atoms with Crippen LogP contribution in [0.2, 0.25) is 5.02 Å². The van der Waals surface area contributed by atoms with Crippen molar-refractivity contribution in [3.8, 4) is 6.07 Å². The van der Waals surface area contributed by atoms with E-state index in [1.807, 2.05) is 66.8 Å². The van der Waals surface area contributed by atoms with E-state index in [1.165, 1.54) is 0 Å². The molecule has 1 unspecified atom stereocenters. The number of urea groups is 1. The number of hydrogen-bond acceptors (Lipinski definition) is 6. The van der Waals surface area contributed by atoms with Gasteiger partial charge < -0.3 is 9.47 Å². The highest BCUT2D eigenvalue weighted by atomic mass is 35.5. The minimum Gasteiger partial charge on any atom is -0.331 e. The number of imidazole rings is 1. The fraction of sp³-hybridized carbons (Fsp3) is 0.216. The lowest BCUT2D eigenvalue weighted by molar-refractivity contribution is 0.122. The molecule has 9 nitrogen and oxygen atoms in total. The first kappa shape index (κ1) is 30.4. The van der Waals surface area contributed by atoms with Gasteiger partial charge in [0.25, 0.3) is 0 Å². The summed E-state index contributed by atoms with van der Waals surface area (Å²) in [7, 11) is 0. The van der Waals surface area contributed by atoms with Crippen LogP contribution in [0.5, 0.6) is 0 Å². The first-order valence-corrected chi connectivity index (χ1v) is 16.0. The number of anilines is 1. The highest BCUT2D eigenvalue weighted by molar-refractivity contribution is 6.30. The summed E-state index contributed by atoms with van der Waals surface area (Å²) in [6, 6.07) is 23.2. The van der Waals surface area contributed by atoms with E-state index in [0.717, 1.165) is 45.0 Å². The normalized spacial score (nSPS) is 16.0. The second-order valence-electron chi connectivity index (χ2n) is 11.8. The summed E-state index contributed by atoms with van der Waals surface area (Å²) in [5, 5.41) is 10.00. The number of halogens is 1. The van der Waals surface area contributed by atoms with Crippen LogP contribution in [0.4, 0.5) is 10.5 Å². The van der Waals surface area contributed by atoms with Gasteiger partial charge in [-0.15, -0.1) is 0 Å². The minimum absolute atomic E-state index is 0.0719. The van der Waals surface area contributed by atoms with Gasteiger partial charge in [0.1, 0.15) is 5.82 Å². The number of nitriles is 1. The number of pyridine rings is 2. The van der Waals surface area contributed by atoms with Crippen molar-refractivity contribution in [1.29, 1.82) is 5.26 Å². The average Bonchev–Trinajstić information content (AvgIpc) is 3.46. The number of carbonyl (C=O) groups excluding carboxylic acids is 1. The summed E-state index contributed by atoms with van der Waals surface area (Å²) in [6.07, 6.45) is 11.4. The van der Waals surface area contributed by atoms with Gasteiger partial charge in [-0.3, -0.25) is 19.8 Å². The Morgan fingerprint density at radius 2 is 1.77 bits per heavy atom. The predicted octanol–water partition coefficient (Wildman–Crippen LogP) is 6.59. The maximum absolute atomic E-state index is 14.2. The quantitative estimate of drug-likeness (QED) is 0.208. The van der Waals surface area contributed by atoms with Crippen molar-refractivity contribution < 1.29 is 4.79 Å². The maximum atomic E-state index is 14.2. The van der Waals surface area contributed by atoms with Gasteiger partial charge in [0.15, 0.2) is 0 Å². The molecule has 7 rings (SSSR count). The summed E-state index contributed by atoms with van der Waals surface area (Å²) >= 11 is 6.62. The van der Waals surface area contributed by atoms with Crippen molar-refractivity contribution in [3.63, 3.8) is 0 Å². The molecule has 2 aromatic carbocycles. The molecule has 0 spiro atoms. The second kappa shape index (κ2) is 13.2. The van der Waals surface area contributed by atoms with Crippen LogP contribution in [-0.4, -0.2) is 61.5 Å². The molecule has 47 heavy (non-hydrogen) atoms. The Kier molecular flexibility index (Phi) is 8.53. The molecule has 0 bridgehead atoms. The molecule has 1 aliphatic carbocycles. The van der Waals surface area contributed by atoms with Crippen molar-refractivity contribution in [2.75, 3.05) is 31.1 Å². The molecule has 1 saturated heterocycles. The highest BCUT2D eigenvalue weighted by Gasteiger charge is 2.35. The Morgan fingerprint density at radius 3 is 2.49 bits per heavy atom. The topological polar surface area (TPSA) is 94.2 Å². The summed E-state index contributed by atoms with van der Waals surface area (Å²) in [5.41, 5.74) is 7.71. The molecule has 2 amide bonds. The van der Waals surface area contributed by atoms with Gasteiger partial charge in [-0.2, -0.15) is 5.26 Å². The third-order valence-electron chi connectivity index (χ3n) is 8.96. The molecule has 0 saturated carbocycles. The summed E-state index contributed by atoms with van der Waals surface area (Å²) in [4.78, 5) is 33.8. The molecule has 1 atom stereocenters. The minimum atomic E-state index is -0.111. The van der Waals surface area contributed by atoms with E-state index >= 15 is 0 Å². The van der Waals surface area contributed by atoms with Crippen molar-refractivity contribution in [1.82, 2.24) is 29.3 Å². The summed E-state index contributed by atoms with van der Waals surface area (Å²) in [6.45, 7) is 5.50. The molecule has 2 aliphatic rings. The smallest absolute Gasteiger partial charge is 0.324 e. The third kappa shape index (κ3) is 6.26. The molecule has 1 fully saturated rings. The van der Waals surface area contributed by atoms with Crippen LogP contribution >= 0.6 is 11.6 Å². The molecule has 4 heterocycles. The van der Waals surface area contributed by atoms with Crippen molar-refractivity contribution in [2.24, 2.45) is 0 Å². The highest BCUT2D eigenvalue weighted by Crippen LogP contribution is 2.41. The van der Waals surface area contributed by atoms with E-state index in [-0.39, 0.29) is 12.1 Å². The zero-order valence-corrected chi connectivity index (χ0v) is 26.8. The molecule has 0 N–H and O–H groups in total. The Bertz CT molecular complexity index is 1970. The fourth-order valence-corrected chi connectivity index (χ4v) is 6.66. The molecule has 234 valence electrons. The lowest BCUT2D eigenvalue weighted by atomic mass is 9.93. The van der Waals surface area contributed by atoms with Gasteiger partial charge in [0.05, 0.1) is 29.9 Å². The number of carbonyl (C=O) groups is 1. The number of fused-ring (bicyclic) bond motifs is 2. The first-order valence-electron chi connectivity index (χ1n) is 15.6. The predicted molar refractivity (Wildman–Crippen MR) is 182 cm³/mol. The van der Waals surface area contributed by atoms with Gasteiger partial charge in [0, 0.05) is 74.4 Å². The Labute approximate surface area is 279 Å². The van der Waals surface area contributed by atoms with Crippen LogP contribution in [0, 0.1) is 18.3 Å². The van der Waals surface area contributed by atoms with Gasteiger partial charge in [-0.1, -0.05) is 23.7 Å². The second-order valence-corrected chi connectivity index (χ2v) is 12.2. The Morgan fingerprint density at radius 1 is 0.979 bits per heavy atom. The molecule has 10 heteroatoms. The van der Waals surface area contributed by atoms with E-state index in [2.05, 4.69) is 49.8 Å². The number of aromatic nitrogens is 4. The fourth-order valence-electron chi connectivity index (χ4n) is 6.49.